The SMILES string of the molecule is C=CC(Cl)C(F)CC. The topological polar surface area (TPSA) is 0 Å². The van der Waals surface area contributed by atoms with Crippen molar-refractivity contribution in [2.24, 2.45) is 0 Å². The van der Waals surface area contributed by atoms with Gasteiger partial charge in [0.15, 0.2) is 0 Å². The molecule has 0 saturated heterocycles. The fraction of sp³-hybridized carbons (Fsp3) is 0.667. The Hall–Kier alpha value is -0.0400. The summed E-state index contributed by atoms with van der Waals surface area (Å²) in [4.78, 5) is 0. The molecule has 0 N–H and O–H groups in total. The average molecular weight is 137 g/mol. The van der Waals surface area contributed by atoms with Gasteiger partial charge < -0.3 is 0 Å². The molecular weight excluding hydrogens is 127 g/mol. The summed E-state index contributed by atoms with van der Waals surface area (Å²) in [7, 11) is 0. The number of alkyl halides is 2. The molecule has 0 rings (SSSR count). The highest BCUT2D eigenvalue weighted by atomic mass is 35.5. The third-order valence-electron chi connectivity index (χ3n) is 0.961. The van der Waals surface area contributed by atoms with E-state index in [9.17, 15) is 4.39 Å². The summed E-state index contributed by atoms with van der Waals surface area (Å²) < 4.78 is 12.3. The molecule has 2 unspecified atom stereocenters. The van der Waals surface area contributed by atoms with Gasteiger partial charge >= 0.3 is 0 Å². The van der Waals surface area contributed by atoms with Gasteiger partial charge in [0.2, 0.25) is 0 Å². The predicted molar refractivity (Wildman–Crippen MR) is 35.0 cm³/mol. The number of halogens is 2. The highest BCUT2D eigenvalue weighted by Gasteiger charge is 2.10. The Kier molecular flexibility index (Phi) is 3.88. The van der Waals surface area contributed by atoms with Crippen molar-refractivity contribution in [3.05, 3.63) is 12.7 Å². The monoisotopic (exact) mass is 136 g/mol. The maximum absolute atomic E-state index is 12.3. The van der Waals surface area contributed by atoms with Crippen molar-refractivity contribution in [3.8, 4) is 0 Å². The minimum absolute atomic E-state index is 0.459. The number of allylic oxidation sites excluding steroid dienone is 1. The van der Waals surface area contributed by atoms with E-state index < -0.39 is 11.5 Å². The van der Waals surface area contributed by atoms with E-state index in [1.165, 1.54) is 6.08 Å². The van der Waals surface area contributed by atoms with Crippen molar-refractivity contribution in [2.75, 3.05) is 0 Å². The van der Waals surface area contributed by atoms with Gasteiger partial charge in [0, 0.05) is 0 Å². The number of hydrogen-bond acceptors (Lipinski definition) is 0. The van der Waals surface area contributed by atoms with Crippen molar-refractivity contribution in [3.63, 3.8) is 0 Å². The molecule has 0 nitrogen and oxygen atoms in total. The zero-order valence-electron chi connectivity index (χ0n) is 4.90. The molecule has 2 atom stereocenters. The van der Waals surface area contributed by atoms with Gasteiger partial charge in [-0.1, -0.05) is 13.0 Å². The van der Waals surface area contributed by atoms with Gasteiger partial charge in [0.1, 0.15) is 6.17 Å². The molecule has 0 aliphatic carbocycles. The van der Waals surface area contributed by atoms with Crippen molar-refractivity contribution in [2.45, 2.75) is 24.9 Å². The minimum Gasteiger partial charge on any atom is -0.246 e. The molecule has 0 heterocycles. The summed E-state index contributed by atoms with van der Waals surface area (Å²) in [5.41, 5.74) is 0. The second-order valence-corrected chi connectivity index (χ2v) is 2.11. The Labute approximate surface area is 54.3 Å². The van der Waals surface area contributed by atoms with Crippen LogP contribution in [0.2, 0.25) is 0 Å². The van der Waals surface area contributed by atoms with Gasteiger partial charge in [0.25, 0.3) is 0 Å². The largest absolute Gasteiger partial charge is 0.246 e. The van der Waals surface area contributed by atoms with Crippen molar-refractivity contribution >= 4 is 11.6 Å². The van der Waals surface area contributed by atoms with Gasteiger partial charge in [-0.05, 0) is 6.42 Å². The molecule has 0 amide bonds. The highest BCUT2D eigenvalue weighted by Crippen LogP contribution is 2.10. The summed E-state index contributed by atoms with van der Waals surface area (Å²) >= 11 is 5.42. The smallest absolute Gasteiger partial charge is 0.120 e. The van der Waals surface area contributed by atoms with Crippen LogP contribution in [-0.2, 0) is 0 Å². The predicted octanol–water partition coefficient (Wildman–Crippen LogP) is 2.53. The van der Waals surface area contributed by atoms with Crippen molar-refractivity contribution in [1.82, 2.24) is 0 Å². The zero-order chi connectivity index (χ0) is 6.57. The normalized spacial score (nSPS) is 17.4. The van der Waals surface area contributed by atoms with Crippen molar-refractivity contribution < 1.29 is 4.39 Å². The summed E-state index contributed by atoms with van der Waals surface area (Å²) in [6.45, 7) is 5.11. The Morgan fingerprint density at radius 1 is 1.88 bits per heavy atom. The van der Waals surface area contributed by atoms with Gasteiger partial charge in [-0.25, -0.2) is 4.39 Å². The summed E-state index contributed by atoms with van der Waals surface area (Å²) in [6.07, 6.45) is 0.935. The Bertz CT molecular complexity index is 72.9. The van der Waals surface area contributed by atoms with Crippen LogP contribution in [0.25, 0.3) is 0 Å². The van der Waals surface area contributed by atoms with Crippen LogP contribution in [0, 0.1) is 0 Å². The molecule has 0 aromatic rings. The Morgan fingerprint density at radius 2 is 2.38 bits per heavy atom. The lowest BCUT2D eigenvalue weighted by molar-refractivity contribution is 0.332. The van der Waals surface area contributed by atoms with Crippen molar-refractivity contribution in [1.29, 1.82) is 0 Å². The average Bonchev–Trinajstić information content (AvgIpc) is 1.84. The van der Waals surface area contributed by atoms with Crippen LogP contribution in [0.1, 0.15) is 13.3 Å². The molecule has 8 heavy (non-hydrogen) atoms. The van der Waals surface area contributed by atoms with Gasteiger partial charge in [-0.2, -0.15) is 0 Å². The molecule has 0 aromatic heterocycles. The maximum atomic E-state index is 12.3. The molecule has 0 saturated carbocycles. The van der Waals surface area contributed by atoms with Gasteiger partial charge in [-0.15, -0.1) is 18.2 Å². The standard InChI is InChI=1S/C6H10ClF/c1-3-5(7)6(8)4-2/h3,5-6H,1,4H2,2H3. The van der Waals surface area contributed by atoms with Crippen LogP contribution in [0.5, 0.6) is 0 Å². The first-order chi connectivity index (χ1) is 3.72. The van der Waals surface area contributed by atoms with Crippen LogP contribution in [-0.4, -0.2) is 11.5 Å². The first-order valence-electron chi connectivity index (χ1n) is 2.63. The minimum atomic E-state index is -0.936. The van der Waals surface area contributed by atoms with Crippen LogP contribution in [0.4, 0.5) is 4.39 Å². The van der Waals surface area contributed by atoms with E-state index >= 15 is 0 Å². The van der Waals surface area contributed by atoms with E-state index in [4.69, 9.17) is 11.6 Å². The lowest BCUT2D eigenvalue weighted by atomic mass is 10.2. The molecule has 0 aliphatic heterocycles. The fourth-order valence-corrected chi connectivity index (χ4v) is 0.551. The summed E-state index contributed by atoms with van der Waals surface area (Å²) in [5, 5.41) is -0.514. The zero-order valence-corrected chi connectivity index (χ0v) is 5.66. The Balaban J connectivity index is 3.44. The molecule has 0 aliphatic rings. The Morgan fingerprint density at radius 3 is 2.50 bits per heavy atom. The van der Waals surface area contributed by atoms with E-state index in [0.717, 1.165) is 0 Å². The summed E-state index contributed by atoms with van der Waals surface area (Å²) in [5.74, 6) is 0. The first kappa shape index (κ1) is 7.96. The molecular formula is C6H10ClF. The molecule has 0 radical (unpaired) electrons. The molecule has 0 bridgehead atoms. The molecule has 0 fully saturated rings. The van der Waals surface area contributed by atoms with Gasteiger partial charge in [0.05, 0.1) is 5.38 Å². The maximum Gasteiger partial charge on any atom is 0.120 e. The molecule has 2 heteroatoms. The first-order valence-corrected chi connectivity index (χ1v) is 3.06. The second kappa shape index (κ2) is 3.90. The fourth-order valence-electron chi connectivity index (χ4n) is 0.373. The number of hydrogen-bond donors (Lipinski definition) is 0. The molecule has 0 aromatic carbocycles. The van der Waals surface area contributed by atoms with Crippen LogP contribution in [0.15, 0.2) is 12.7 Å². The van der Waals surface area contributed by atoms with Crippen LogP contribution >= 0.6 is 11.6 Å². The van der Waals surface area contributed by atoms with E-state index in [0.29, 0.717) is 6.42 Å². The van der Waals surface area contributed by atoms with Crippen LogP contribution < -0.4 is 0 Å². The third-order valence-corrected chi connectivity index (χ3v) is 1.41. The van der Waals surface area contributed by atoms with Crippen LogP contribution in [0.3, 0.4) is 0 Å². The number of rotatable bonds is 3. The van der Waals surface area contributed by atoms with E-state index in [1.54, 1.807) is 6.92 Å². The van der Waals surface area contributed by atoms with E-state index in [1.807, 2.05) is 0 Å². The quantitative estimate of drug-likeness (QED) is 0.413. The van der Waals surface area contributed by atoms with Gasteiger partial charge in [-0.3, -0.25) is 0 Å². The third kappa shape index (κ3) is 2.31. The molecule has 0 spiro atoms. The lowest BCUT2D eigenvalue weighted by Crippen LogP contribution is -2.10. The van der Waals surface area contributed by atoms with E-state index in [-0.39, 0.29) is 0 Å². The highest BCUT2D eigenvalue weighted by molar-refractivity contribution is 6.22. The summed E-state index contributed by atoms with van der Waals surface area (Å²) in [6, 6.07) is 0. The lowest BCUT2D eigenvalue weighted by Gasteiger charge is -2.05. The second-order valence-electron chi connectivity index (χ2n) is 1.60. The van der Waals surface area contributed by atoms with E-state index in [2.05, 4.69) is 6.58 Å². The molecule has 48 valence electrons.